The van der Waals surface area contributed by atoms with Gasteiger partial charge < -0.3 is 10.5 Å². The van der Waals surface area contributed by atoms with Crippen LogP contribution in [0, 0.1) is 5.82 Å². The van der Waals surface area contributed by atoms with Crippen LogP contribution < -0.4 is 10.5 Å². The second kappa shape index (κ2) is 3.21. The lowest BCUT2D eigenvalue weighted by molar-refractivity contribution is 0.411. The average Bonchev–Trinajstić information content (AvgIpc) is 2.89. The van der Waals surface area contributed by atoms with Gasteiger partial charge in [0.1, 0.15) is 11.6 Å². The van der Waals surface area contributed by atoms with Crippen molar-refractivity contribution in [2.24, 2.45) is 5.73 Å². The van der Waals surface area contributed by atoms with Gasteiger partial charge in [0.25, 0.3) is 0 Å². The van der Waals surface area contributed by atoms with E-state index in [9.17, 15) is 4.39 Å². The number of hydrogen-bond acceptors (Lipinski definition) is 2. The van der Waals surface area contributed by atoms with Gasteiger partial charge in [0, 0.05) is 11.1 Å². The zero-order valence-corrected chi connectivity index (χ0v) is 9.40. The largest absolute Gasteiger partial charge is 0.497 e. The maximum atomic E-state index is 13.7. The van der Waals surface area contributed by atoms with Crippen molar-refractivity contribution in [2.45, 2.75) is 18.4 Å². The van der Waals surface area contributed by atoms with E-state index >= 15 is 0 Å². The van der Waals surface area contributed by atoms with E-state index in [0.29, 0.717) is 15.8 Å². The fraction of sp³-hybridized carbons (Fsp3) is 0.400. The Hall–Kier alpha value is -0.610. The Morgan fingerprint density at radius 1 is 1.50 bits per heavy atom. The van der Waals surface area contributed by atoms with Crippen molar-refractivity contribution in [1.29, 1.82) is 0 Å². The van der Waals surface area contributed by atoms with Crippen LogP contribution in [-0.4, -0.2) is 7.11 Å². The van der Waals surface area contributed by atoms with E-state index in [1.54, 1.807) is 19.2 Å². The molecule has 2 N–H and O–H groups in total. The number of rotatable bonds is 2. The van der Waals surface area contributed by atoms with Crippen molar-refractivity contribution in [3.05, 3.63) is 28.0 Å². The molecule has 0 aliphatic heterocycles. The lowest BCUT2D eigenvalue weighted by Gasteiger charge is -2.13. The van der Waals surface area contributed by atoms with Crippen molar-refractivity contribution >= 4 is 15.9 Å². The fourth-order valence-corrected chi connectivity index (χ4v) is 1.89. The quantitative estimate of drug-likeness (QED) is 0.886. The van der Waals surface area contributed by atoms with Crippen LogP contribution in [0.2, 0.25) is 0 Å². The molecule has 0 unspecified atom stereocenters. The Bertz CT molecular complexity index is 377. The van der Waals surface area contributed by atoms with E-state index in [1.807, 2.05) is 0 Å². The van der Waals surface area contributed by atoms with Gasteiger partial charge in [-0.05, 0) is 40.9 Å². The first-order chi connectivity index (χ1) is 6.57. The molecule has 76 valence electrons. The highest BCUT2D eigenvalue weighted by atomic mass is 79.9. The molecule has 2 rings (SSSR count). The van der Waals surface area contributed by atoms with E-state index in [0.717, 1.165) is 12.8 Å². The van der Waals surface area contributed by atoms with Crippen molar-refractivity contribution in [1.82, 2.24) is 0 Å². The Morgan fingerprint density at radius 3 is 2.64 bits per heavy atom. The summed E-state index contributed by atoms with van der Waals surface area (Å²) >= 11 is 3.15. The lowest BCUT2D eigenvalue weighted by Crippen LogP contribution is -2.20. The molecule has 0 atom stereocenters. The van der Waals surface area contributed by atoms with Crippen LogP contribution in [-0.2, 0) is 5.54 Å². The smallest absolute Gasteiger partial charge is 0.142 e. The Labute approximate surface area is 90.4 Å². The Balaban J connectivity index is 2.52. The van der Waals surface area contributed by atoms with Gasteiger partial charge in [-0.25, -0.2) is 4.39 Å². The topological polar surface area (TPSA) is 35.2 Å². The molecule has 4 heteroatoms. The normalized spacial score (nSPS) is 18.0. The van der Waals surface area contributed by atoms with Crippen LogP contribution in [0.3, 0.4) is 0 Å². The monoisotopic (exact) mass is 259 g/mol. The number of benzene rings is 1. The standard InChI is InChI=1S/C10H11BrFNO/c1-14-6-4-7(10(13)2-3-10)9(12)8(11)5-6/h4-5H,2-3,13H2,1H3. The van der Waals surface area contributed by atoms with Gasteiger partial charge in [-0.3, -0.25) is 0 Å². The summed E-state index contributed by atoms with van der Waals surface area (Å²) in [6.07, 6.45) is 1.67. The number of halogens is 2. The van der Waals surface area contributed by atoms with E-state index < -0.39 is 5.54 Å². The zero-order valence-electron chi connectivity index (χ0n) is 7.81. The van der Waals surface area contributed by atoms with E-state index in [4.69, 9.17) is 10.5 Å². The first-order valence-electron chi connectivity index (χ1n) is 4.39. The molecule has 0 aromatic heterocycles. The van der Waals surface area contributed by atoms with Gasteiger partial charge in [0.05, 0.1) is 11.6 Å². The molecule has 0 bridgehead atoms. The van der Waals surface area contributed by atoms with Crippen LogP contribution in [0.5, 0.6) is 5.75 Å². The highest BCUT2D eigenvalue weighted by Crippen LogP contribution is 2.46. The van der Waals surface area contributed by atoms with Crippen molar-refractivity contribution in [3.8, 4) is 5.75 Å². The molecule has 2 nitrogen and oxygen atoms in total. The van der Waals surface area contributed by atoms with Crippen LogP contribution in [0.4, 0.5) is 4.39 Å². The summed E-state index contributed by atoms with van der Waals surface area (Å²) < 4.78 is 19.1. The fourth-order valence-electron chi connectivity index (χ4n) is 1.45. The average molecular weight is 260 g/mol. The third kappa shape index (κ3) is 1.53. The first kappa shape index (κ1) is 9.93. The Morgan fingerprint density at radius 2 is 2.14 bits per heavy atom. The summed E-state index contributed by atoms with van der Waals surface area (Å²) in [6, 6.07) is 3.28. The van der Waals surface area contributed by atoms with E-state index in [1.165, 1.54) is 0 Å². The lowest BCUT2D eigenvalue weighted by atomic mass is 10.1. The third-order valence-electron chi connectivity index (χ3n) is 2.56. The second-order valence-electron chi connectivity index (χ2n) is 3.63. The predicted molar refractivity (Wildman–Crippen MR) is 55.8 cm³/mol. The number of hydrogen-bond donors (Lipinski definition) is 1. The minimum Gasteiger partial charge on any atom is -0.497 e. The summed E-state index contributed by atoms with van der Waals surface area (Å²) in [4.78, 5) is 0. The van der Waals surface area contributed by atoms with Gasteiger partial charge in [-0.1, -0.05) is 0 Å². The first-order valence-corrected chi connectivity index (χ1v) is 5.18. The summed E-state index contributed by atoms with van der Waals surface area (Å²) in [5.74, 6) is 0.357. The summed E-state index contributed by atoms with van der Waals surface area (Å²) in [5, 5.41) is 0. The molecule has 1 aromatic rings. The highest BCUT2D eigenvalue weighted by molar-refractivity contribution is 9.10. The molecule has 14 heavy (non-hydrogen) atoms. The summed E-state index contributed by atoms with van der Waals surface area (Å²) in [6.45, 7) is 0. The molecular weight excluding hydrogens is 249 g/mol. The maximum absolute atomic E-state index is 13.7. The predicted octanol–water partition coefficient (Wildman–Crippen LogP) is 2.54. The molecule has 0 saturated heterocycles. The molecule has 1 aromatic carbocycles. The second-order valence-corrected chi connectivity index (χ2v) is 4.48. The van der Waals surface area contributed by atoms with Crippen LogP contribution in [0.15, 0.2) is 16.6 Å². The molecule has 1 fully saturated rings. The SMILES string of the molecule is COc1cc(Br)c(F)c(C2(N)CC2)c1. The van der Waals surface area contributed by atoms with E-state index in [2.05, 4.69) is 15.9 Å². The molecule has 0 heterocycles. The van der Waals surface area contributed by atoms with Crippen molar-refractivity contribution in [3.63, 3.8) is 0 Å². The highest BCUT2D eigenvalue weighted by Gasteiger charge is 2.42. The summed E-state index contributed by atoms with van der Waals surface area (Å²) in [5.41, 5.74) is 6.02. The van der Waals surface area contributed by atoms with Crippen LogP contribution in [0.25, 0.3) is 0 Å². The van der Waals surface area contributed by atoms with Crippen LogP contribution >= 0.6 is 15.9 Å². The van der Waals surface area contributed by atoms with Gasteiger partial charge in [-0.2, -0.15) is 0 Å². The maximum Gasteiger partial charge on any atom is 0.142 e. The van der Waals surface area contributed by atoms with Gasteiger partial charge >= 0.3 is 0 Å². The van der Waals surface area contributed by atoms with Gasteiger partial charge in [-0.15, -0.1) is 0 Å². The molecule has 1 saturated carbocycles. The minimum atomic E-state index is -0.471. The van der Waals surface area contributed by atoms with Crippen LogP contribution in [0.1, 0.15) is 18.4 Å². The zero-order chi connectivity index (χ0) is 10.3. The summed E-state index contributed by atoms with van der Waals surface area (Å²) in [7, 11) is 1.56. The van der Waals surface area contributed by atoms with Gasteiger partial charge in [0.2, 0.25) is 0 Å². The molecule has 0 amide bonds. The number of methoxy groups -OCH3 is 1. The number of ether oxygens (including phenoxy) is 1. The molecule has 1 aliphatic carbocycles. The minimum absolute atomic E-state index is 0.272. The van der Waals surface area contributed by atoms with Gasteiger partial charge in [0.15, 0.2) is 0 Å². The van der Waals surface area contributed by atoms with Crippen molar-refractivity contribution < 1.29 is 9.13 Å². The third-order valence-corrected chi connectivity index (χ3v) is 3.14. The molecule has 0 spiro atoms. The molecule has 1 aliphatic rings. The molecule has 0 radical (unpaired) electrons. The molecular formula is C10H11BrFNO. The van der Waals surface area contributed by atoms with Crippen molar-refractivity contribution in [2.75, 3.05) is 7.11 Å². The number of nitrogens with two attached hydrogens (primary N) is 1. The Kier molecular flexibility index (Phi) is 2.27. The van der Waals surface area contributed by atoms with E-state index in [-0.39, 0.29) is 5.82 Å².